The van der Waals surface area contributed by atoms with Crippen molar-refractivity contribution < 1.29 is 9.59 Å². The van der Waals surface area contributed by atoms with Gasteiger partial charge in [0.2, 0.25) is 5.91 Å². The standard InChI is InChI=1S/C20H18N4O2/c1-14-21-10-11-23(14)12-15-6-8-16(9-7-15)20(26)24-13-19(25)22-17-4-2-3-5-18(17)24/h2-11H,12-13H2,1H3,(H,22,25). The summed E-state index contributed by atoms with van der Waals surface area (Å²) >= 11 is 0. The summed E-state index contributed by atoms with van der Waals surface area (Å²) in [6, 6.07) is 14.8. The third-order valence-corrected chi connectivity index (χ3v) is 4.49. The van der Waals surface area contributed by atoms with Crippen LogP contribution in [0.25, 0.3) is 0 Å². The van der Waals surface area contributed by atoms with E-state index < -0.39 is 0 Å². The monoisotopic (exact) mass is 346 g/mol. The molecule has 0 saturated carbocycles. The van der Waals surface area contributed by atoms with Gasteiger partial charge in [-0.1, -0.05) is 24.3 Å². The summed E-state index contributed by atoms with van der Waals surface area (Å²) in [7, 11) is 0. The van der Waals surface area contributed by atoms with E-state index in [4.69, 9.17) is 0 Å². The van der Waals surface area contributed by atoms with Crippen molar-refractivity contribution in [2.75, 3.05) is 16.8 Å². The van der Waals surface area contributed by atoms with Crippen molar-refractivity contribution in [3.8, 4) is 0 Å². The van der Waals surface area contributed by atoms with Crippen molar-refractivity contribution in [2.45, 2.75) is 13.5 Å². The number of aromatic nitrogens is 2. The van der Waals surface area contributed by atoms with Crippen molar-refractivity contribution >= 4 is 23.2 Å². The van der Waals surface area contributed by atoms with E-state index in [0.29, 0.717) is 17.8 Å². The molecule has 2 aromatic carbocycles. The number of para-hydroxylation sites is 2. The summed E-state index contributed by atoms with van der Waals surface area (Å²) in [6.45, 7) is 2.68. The number of rotatable bonds is 3. The molecule has 0 saturated heterocycles. The van der Waals surface area contributed by atoms with Gasteiger partial charge in [-0.2, -0.15) is 0 Å². The number of imidazole rings is 1. The number of nitrogens with zero attached hydrogens (tertiary/aromatic N) is 3. The van der Waals surface area contributed by atoms with E-state index in [0.717, 1.165) is 17.1 Å². The molecule has 1 N–H and O–H groups in total. The van der Waals surface area contributed by atoms with Crippen LogP contribution in [0, 0.1) is 6.92 Å². The van der Waals surface area contributed by atoms with Crippen LogP contribution in [0.4, 0.5) is 11.4 Å². The average Bonchev–Trinajstić information content (AvgIpc) is 3.05. The lowest BCUT2D eigenvalue weighted by Gasteiger charge is -2.29. The number of hydrogen-bond acceptors (Lipinski definition) is 3. The van der Waals surface area contributed by atoms with Gasteiger partial charge in [0.25, 0.3) is 5.91 Å². The van der Waals surface area contributed by atoms with E-state index in [1.165, 1.54) is 4.90 Å². The summed E-state index contributed by atoms with van der Waals surface area (Å²) in [5, 5.41) is 2.79. The molecule has 0 spiro atoms. The van der Waals surface area contributed by atoms with Crippen molar-refractivity contribution in [1.29, 1.82) is 0 Å². The number of fused-ring (bicyclic) bond motifs is 1. The Morgan fingerprint density at radius 3 is 2.65 bits per heavy atom. The van der Waals surface area contributed by atoms with Gasteiger partial charge in [0, 0.05) is 24.5 Å². The lowest BCUT2D eigenvalue weighted by atomic mass is 10.1. The Hall–Kier alpha value is -3.41. The van der Waals surface area contributed by atoms with Gasteiger partial charge in [0.05, 0.1) is 11.4 Å². The Balaban J connectivity index is 1.57. The van der Waals surface area contributed by atoms with Crippen LogP contribution in [-0.2, 0) is 11.3 Å². The van der Waals surface area contributed by atoms with E-state index in [-0.39, 0.29) is 18.4 Å². The summed E-state index contributed by atoms with van der Waals surface area (Å²) in [5.74, 6) is 0.572. The molecule has 26 heavy (non-hydrogen) atoms. The summed E-state index contributed by atoms with van der Waals surface area (Å²) < 4.78 is 2.04. The molecule has 1 aliphatic rings. The molecule has 0 unspecified atom stereocenters. The van der Waals surface area contributed by atoms with Crippen LogP contribution in [0.2, 0.25) is 0 Å². The van der Waals surface area contributed by atoms with Crippen LogP contribution in [0.3, 0.4) is 0 Å². The van der Waals surface area contributed by atoms with Crippen molar-refractivity contribution in [2.24, 2.45) is 0 Å². The van der Waals surface area contributed by atoms with Gasteiger partial charge < -0.3 is 9.88 Å². The maximum absolute atomic E-state index is 12.9. The molecule has 6 nitrogen and oxygen atoms in total. The third kappa shape index (κ3) is 2.97. The molecule has 0 fully saturated rings. The number of carbonyl (C=O) groups excluding carboxylic acids is 2. The molecule has 4 rings (SSSR count). The second-order valence-electron chi connectivity index (χ2n) is 6.26. The van der Waals surface area contributed by atoms with Gasteiger partial charge in [0.1, 0.15) is 12.4 Å². The highest BCUT2D eigenvalue weighted by atomic mass is 16.2. The first-order valence-corrected chi connectivity index (χ1v) is 8.39. The minimum Gasteiger partial charge on any atom is -0.331 e. The number of benzene rings is 2. The first-order valence-electron chi connectivity index (χ1n) is 8.39. The number of hydrogen-bond donors (Lipinski definition) is 1. The van der Waals surface area contributed by atoms with Crippen molar-refractivity contribution in [1.82, 2.24) is 9.55 Å². The molecule has 0 radical (unpaired) electrons. The largest absolute Gasteiger partial charge is 0.331 e. The average molecular weight is 346 g/mol. The highest BCUT2D eigenvalue weighted by Gasteiger charge is 2.27. The zero-order valence-corrected chi connectivity index (χ0v) is 14.3. The number of anilines is 2. The van der Waals surface area contributed by atoms with Crippen molar-refractivity contribution in [3.05, 3.63) is 77.9 Å². The highest BCUT2D eigenvalue weighted by Crippen LogP contribution is 2.30. The van der Waals surface area contributed by atoms with Gasteiger partial charge in [-0.3, -0.25) is 14.5 Å². The van der Waals surface area contributed by atoms with Crippen LogP contribution in [0.1, 0.15) is 21.7 Å². The molecular weight excluding hydrogens is 328 g/mol. The second-order valence-corrected chi connectivity index (χ2v) is 6.26. The summed E-state index contributed by atoms with van der Waals surface area (Å²) in [5.41, 5.74) is 3.01. The Bertz CT molecular complexity index is 975. The Morgan fingerprint density at radius 2 is 1.92 bits per heavy atom. The quantitative estimate of drug-likeness (QED) is 0.793. The number of amides is 2. The molecule has 130 valence electrons. The first kappa shape index (κ1) is 16.1. The molecule has 1 aliphatic heterocycles. The van der Waals surface area contributed by atoms with Gasteiger partial charge in [-0.25, -0.2) is 4.98 Å². The predicted octanol–water partition coefficient (Wildman–Crippen LogP) is 2.84. The molecule has 6 heteroatoms. The predicted molar refractivity (Wildman–Crippen MR) is 99.3 cm³/mol. The van der Waals surface area contributed by atoms with Crippen molar-refractivity contribution in [3.63, 3.8) is 0 Å². The van der Waals surface area contributed by atoms with Gasteiger partial charge >= 0.3 is 0 Å². The Morgan fingerprint density at radius 1 is 1.15 bits per heavy atom. The Labute approximate surface area is 151 Å². The molecule has 3 aromatic rings. The fourth-order valence-corrected chi connectivity index (χ4v) is 3.09. The normalized spacial score (nSPS) is 13.3. The van der Waals surface area contributed by atoms with Gasteiger partial charge in [0.15, 0.2) is 0 Å². The zero-order chi connectivity index (χ0) is 18.1. The van der Waals surface area contributed by atoms with E-state index in [1.807, 2.05) is 48.0 Å². The number of nitrogens with one attached hydrogen (secondary N) is 1. The van der Waals surface area contributed by atoms with E-state index in [2.05, 4.69) is 10.3 Å². The maximum atomic E-state index is 12.9. The molecule has 1 aromatic heterocycles. The summed E-state index contributed by atoms with van der Waals surface area (Å²) in [4.78, 5) is 30.6. The molecular formula is C20H18N4O2. The fourth-order valence-electron chi connectivity index (χ4n) is 3.09. The molecule has 0 aliphatic carbocycles. The van der Waals surface area contributed by atoms with E-state index in [1.54, 1.807) is 24.4 Å². The minimum atomic E-state index is -0.191. The third-order valence-electron chi connectivity index (χ3n) is 4.49. The van der Waals surface area contributed by atoms with Crippen LogP contribution >= 0.6 is 0 Å². The van der Waals surface area contributed by atoms with Gasteiger partial charge in [-0.15, -0.1) is 0 Å². The van der Waals surface area contributed by atoms with Crippen LogP contribution in [0.15, 0.2) is 60.9 Å². The first-order chi connectivity index (χ1) is 12.6. The lowest BCUT2D eigenvalue weighted by molar-refractivity contribution is -0.115. The molecule has 2 amide bonds. The summed E-state index contributed by atoms with van der Waals surface area (Å²) in [6.07, 6.45) is 3.70. The molecule has 2 heterocycles. The van der Waals surface area contributed by atoms with E-state index >= 15 is 0 Å². The number of carbonyl (C=O) groups is 2. The second kappa shape index (κ2) is 6.48. The SMILES string of the molecule is Cc1nccn1Cc1ccc(C(=O)N2CC(=O)Nc3ccccc32)cc1. The van der Waals surface area contributed by atoms with Crippen LogP contribution < -0.4 is 10.2 Å². The molecule has 0 bridgehead atoms. The fraction of sp³-hybridized carbons (Fsp3) is 0.150. The van der Waals surface area contributed by atoms with E-state index in [9.17, 15) is 9.59 Å². The zero-order valence-electron chi connectivity index (χ0n) is 14.3. The maximum Gasteiger partial charge on any atom is 0.258 e. The topological polar surface area (TPSA) is 67.2 Å². The highest BCUT2D eigenvalue weighted by molar-refractivity contribution is 6.15. The minimum absolute atomic E-state index is 0.0197. The smallest absolute Gasteiger partial charge is 0.258 e. The lowest BCUT2D eigenvalue weighted by Crippen LogP contribution is -2.42. The Kier molecular flexibility index (Phi) is 4.01. The van der Waals surface area contributed by atoms with Gasteiger partial charge in [-0.05, 0) is 36.8 Å². The number of aryl methyl sites for hydroxylation is 1. The molecule has 0 atom stereocenters. The van der Waals surface area contributed by atoms with Crippen LogP contribution in [-0.4, -0.2) is 27.9 Å². The van der Waals surface area contributed by atoms with Crippen LogP contribution in [0.5, 0.6) is 0 Å².